The summed E-state index contributed by atoms with van der Waals surface area (Å²) in [6, 6.07) is 0. The number of ether oxygens (including phenoxy) is 2. The van der Waals surface area contributed by atoms with Crippen molar-refractivity contribution in [3.8, 4) is 0 Å². The first-order valence-corrected chi connectivity index (χ1v) is 25.1. The van der Waals surface area contributed by atoms with E-state index in [0.717, 1.165) is 96.3 Å². The molecule has 0 spiro atoms. The van der Waals surface area contributed by atoms with Crippen molar-refractivity contribution in [3.63, 3.8) is 0 Å². The topological polar surface area (TPSA) is 117 Å². The first kappa shape index (κ1) is 56.7. The third kappa shape index (κ3) is 46.6. The smallest absolute Gasteiger partial charge is 0.457 e. The van der Waals surface area contributed by atoms with Crippen molar-refractivity contribution in [1.29, 1.82) is 0 Å². The van der Waals surface area contributed by atoms with Crippen LogP contribution in [0.4, 0.5) is 0 Å². The lowest BCUT2D eigenvalue weighted by Crippen LogP contribution is -2.28. The largest absolute Gasteiger partial charge is 0.472 e. The third-order valence-electron chi connectivity index (χ3n) is 9.55. The van der Waals surface area contributed by atoms with E-state index >= 15 is 0 Å². The average molecular weight is 846 g/mol. The molecule has 0 aromatic heterocycles. The summed E-state index contributed by atoms with van der Waals surface area (Å²) in [5, 5.41) is 0. The molecule has 2 atom stereocenters. The van der Waals surface area contributed by atoms with Crippen LogP contribution in [0, 0.1) is 0 Å². The second-order valence-electron chi connectivity index (χ2n) is 15.2. The van der Waals surface area contributed by atoms with Crippen LogP contribution < -0.4 is 5.73 Å². The van der Waals surface area contributed by atoms with E-state index in [1.54, 1.807) is 0 Å². The molecule has 2 unspecified atom stereocenters. The Bertz CT molecular complexity index is 1180. The molecule has 0 aliphatic heterocycles. The van der Waals surface area contributed by atoms with Gasteiger partial charge >= 0.3 is 13.8 Å². The third-order valence-corrected chi connectivity index (χ3v) is 10.5. The summed E-state index contributed by atoms with van der Waals surface area (Å²) >= 11 is 0. The average Bonchev–Trinajstić information content (AvgIpc) is 3.23. The van der Waals surface area contributed by atoms with E-state index in [4.69, 9.17) is 24.3 Å². The molecule has 59 heavy (non-hydrogen) atoms. The molecule has 0 aliphatic carbocycles. The molecule has 0 saturated heterocycles. The molecule has 0 heterocycles. The van der Waals surface area contributed by atoms with Gasteiger partial charge in [0, 0.05) is 19.6 Å². The van der Waals surface area contributed by atoms with Crippen LogP contribution in [-0.4, -0.2) is 49.9 Å². The number of rotatable bonds is 44. The number of hydrogen-bond acceptors (Lipinski definition) is 7. The molecule has 0 aliphatic rings. The van der Waals surface area contributed by atoms with Gasteiger partial charge < -0.3 is 20.1 Å². The lowest BCUT2D eigenvalue weighted by atomic mass is 10.1. The number of phosphoric acid groups is 1. The SMILES string of the molecule is CC/C=C\C/C=C\C/C=C\C/C=C\C/C=C\C/C=C\CCCCCCCOCC(COP(=O)(O)OCCN)OC(=O)CCCCCCC/C=C\CCCCCCCCC. The Morgan fingerprint density at radius 2 is 0.949 bits per heavy atom. The van der Waals surface area contributed by atoms with Crippen molar-refractivity contribution in [1.82, 2.24) is 0 Å². The van der Waals surface area contributed by atoms with Crippen LogP contribution in [0.3, 0.4) is 0 Å². The molecular weight excluding hydrogens is 758 g/mol. The first-order chi connectivity index (χ1) is 28.9. The van der Waals surface area contributed by atoms with Crippen LogP contribution in [0.5, 0.6) is 0 Å². The van der Waals surface area contributed by atoms with E-state index in [9.17, 15) is 14.3 Å². The van der Waals surface area contributed by atoms with Gasteiger partial charge in [-0.1, -0.05) is 176 Å². The summed E-state index contributed by atoms with van der Waals surface area (Å²) in [5.41, 5.74) is 5.38. The predicted octanol–water partition coefficient (Wildman–Crippen LogP) is 14.5. The molecule has 0 aromatic rings. The number of hydrogen-bond donors (Lipinski definition) is 2. The highest BCUT2D eigenvalue weighted by Crippen LogP contribution is 2.43. The fourth-order valence-corrected chi connectivity index (χ4v) is 6.88. The maximum Gasteiger partial charge on any atom is 0.472 e. The van der Waals surface area contributed by atoms with E-state index < -0.39 is 13.9 Å². The molecule has 3 N–H and O–H groups in total. The highest BCUT2D eigenvalue weighted by molar-refractivity contribution is 7.47. The van der Waals surface area contributed by atoms with Crippen LogP contribution in [-0.2, 0) is 27.9 Å². The predicted molar refractivity (Wildman–Crippen MR) is 251 cm³/mol. The second kappa shape index (κ2) is 46.7. The van der Waals surface area contributed by atoms with Gasteiger partial charge in [-0.15, -0.1) is 0 Å². The zero-order valence-corrected chi connectivity index (χ0v) is 38.6. The molecule has 340 valence electrons. The first-order valence-electron chi connectivity index (χ1n) is 23.6. The van der Waals surface area contributed by atoms with Crippen molar-refractivity contribution in [2.45, 2.75) is 193 Å². The molecular formula is C50H88NO7P. The van der Waals surface area contributed by atoms with Crippen molar-refractivity contribution in [3.05, 3.63) is 85.1 Å². The van der Waals surface area contributed by atoms with Crippen LogP contribution in [0.1, 0.15) is 187 Å². The summed E-state index contributed by atoms with van der Waals surface area (Å²) in [6.07, 6.45) is 60.3. The number of carbonyl (C=O) groups is 1. The lowest BCUT2D eigenvalue weighted by molar-refractivity contribution is -0.154. The molecule has 0 radical (unpaired) electrons. The van der Waals surface area contributed by atoms with Crippen LogP contribution >= 0.6 is 7.82 Å². The normalized spacial score (nSPS) is 14.2. The van der Waals surface area contributed by atoms with Crippen molar-refractivity contribution >= 4 is 13.8 Å². The van der Waals surface area contributed by atoms with Gasteiger partial charge in [-0.25, -0.2) is 4.57 Å². The van der Waals surface area contributed by atoms with Gasteiger partial charge in [0.2, 0.25) is 0 Å². The fourth-order valence-electron chi connectivity index (χ4n) is 6.11. The molecule has 0 rings (SSSR count). The van der Waals surface area contributed by atoms with E-state index in [2.05, 4.69) is 98.9 Å². The Morgan fingerprint density at radius 1 is 0.525 bits per heavy atom. The van der Waals surface area contributed by atoms with Crippen molar-refractivity contribution in [2.24, 2.45) is 5.73 Å². The fraction of sp³-hybridized carbons (Fsp3) is 0.700. The Hall–Kier alpha value is -2.32. The Morgan fingerprint density at radius 3 is 1.44 bits per heavy atom. The number of carbonyl (C=O) groups excluding carboxylic acids is 1. The molecule has 0 aromatic carbocycles. The summed E-state index contributed by atoms with van der Waals surface area (Å²) in [7, 11) is -4.29. The van der Waals surface area contributed by atoms with Crippen LogP contribution in [0.25, 0.3) is 0 Å². The van der Waals surface area contributed by atoms with Gasteiger partial charge in [-0.3, -0.25) is 13.8 Å². The molecule has 0 saturated carbocycles. The molecule has 0 bridgehead atoms. The molecule has 0 fully saturated rings. The van der Waals surface area contributed by atoms with Crippen molar-refractivity contribution < 1.29 is 32.8 Å². The monoisotopic (exact) mass is 846 g/mol. The standard InChI is InChI=1S/C50H88NO7P/c1-3-5-7-9-11-13-15-17-19-21-22-23-24-25-26-27-28-30-32-34-36-38-40-42-45-55-47-49(48-57-59(53,54)56-46-44-51)58-50(52)43-41-39-37-35-33-31-29-20-18-16-14-12-10-8-6-4-2/h5,7,11,13,17,19-20,22-23,25-26,28-30,49H,3-4,6,8-10,12,14-16,18,21,24,27,31-48,51H2,1-2H3,(H,53,54)/b7-5-,13-11-,19-17-,23-22-,26-25-,29-20-,30-28-. The quantitative estimate of drug-likeness (QED) is 0.0269. The minimum absolute atomic E-state index is 0.0912. The van der Waals surface area contributed by atoms with Gasteiger partial charge in [0.05, 0.1) is 19.8 Å². The maximum atomic E-state index is 12.6. The minimum atomic E-state index is -4.29. The number of unbranched alkanes of at least 4 members (excludes halogenated alkanes) is 17. The highest BCUT2D eigenvalue weighted by atomic mass is 31.2. The summed E-state index contributed by atoms with van der Waals surface area (Å²) in [6.45, 7) is 4.73. The lowest BCUT2D eigenvalue weighted by Gasteiger charge is -2.20. The van der Waals surface area contributed by atoms with E-state index in [-0.39, 0.29) is 32.3 Å². The van der Waals surface area contributed by atoms with Gasteiger partial charge in [0.1, 0.15) is 6.10 Å². The van der Waals surface area contributed by atoms with Crippen LogP contribution in [0.2, 0.25) is 0 Å². The summed E-state index contributed by atoms with van der Waals surface area (Å²) < 4.78 is 33.5. The number of phosphoric ester groups is 1. The van der Waals surface area contributed by atoms with Gasteiger partial charge in [0.15, 0.2) is 0 Å². The summed E-state index contributed by atoms with van der Waals surface area (Å²) in [5.74, 6) is -0.349. The second-order valence-corrected chi connectivity index (χ2v) is 16.7. The van der Waals surface area contributed by atoms with E-state index in [1.807, 2.05) is 0 Å². The van der Waals surface area contributed by atoms with E-state index in [0.29, 0.717) is 13.0 Å². The number of nitrogens with two attached hydrogens (primary N) is 1. The van der Waals surface area contributed by atoms with Crippen molar-refractivity contribution in [2.75, 3.05) is 33.0 Å². The Balaban J connectivity index is 4.07. The van der Waals surface area contributed by atoms with Crippen LogP contribution in [0.15, 0.2) is 85.1 Å². The minimum Gasteiger partial charge on any atom is -0.457 e. The maximum absolute atomic E-state index is 12.6. The Labute approximate surface area is 362 Å². The molecule has 9 heteroatoms. The Kier molecular flexibility index (Phi) is 44.9. The van der Waals surface area contributed by atoms with E-state index in [1.165, 1.54) is 70.6 Å². The number of esters is 1. The zero-order chi connectivity index (χ0) is 43.0. The zero-order valence-electron chi connectivity index (χ0n) is 37.7. The van der Waals surface area contributed by atoms with Gasteiger partial charge in [-0.2, -0.15) is 0 Å². The molecule has 0 amide bonds. The summed E-state index contributed by atoms with van der Waals surface area (Å²) in [4.78, 5) is 22.5. The highest BCUT2D eigenvalue weighted by Gasteiger charge is 2.25. The molecule has 8 nitrogen and oxygen atoms in total. The van der Waals surface area contributed by atoms with Gasteiger partial charge in [-0.05, 0) is 89.9 Å². The number of allylic oxidation sites excluding steroid dienone is 14. The van der Waals surface area contributed by atoms with Gasteiger partial charge in [0.25, 0.3) is 0 Å².